The van der Waals surface area contributed by atoms with Gasteiger partial charge in [-0.25, -0.2) is 0 Å². The van der Waals surface area contributed by atoms with Crippen molar-refractivity contribution >= 4 is 5.97 Å². The molecule has 0 unspecified atom stereocenters. The first-order valence-electron chi connectivity index (χ1n) is 15.5. The van der Waals surface area contributed by atoms with Crippen LogP contribution in [0.4, 0.5) is 0 Å². The summed E-state index contributed by atoms with van der Waals surface area (Å²) in [5.74, 6) is -0.189. The van der Waals surface area contributed by atoms with E-state index in [1.165, 1.54) is 6.26 Å². The lowest BCUT2D eigenvalue weighted by Crippen LogP contribution is -2.15. The summed E-state index contributed by atoms with van der Waals surface area (Å²) in [7, 11) is 0. The third-order valence-electron chi connectivity index (χ3n) is 5.13. The van der Waals surface area contributed by atoms with Crippen LogP contribution >= 0.6 is 0 Å². The predicted molar refractivity (Wildman–Crippen MR) is 161 cm³/mol. The minimum Gasteiger partial charge on any atom is -0.499 e. The van der Waals surface area contributed by atoms with Crippen LogP contribution in [0.15, 0.2) is 12.8 Å². The topological polar surface area (TPSA) is 137 Å². The van der Waals surface area contributed by atoms with E-state index < -0.39 is 0 Å². The molecule has 262 valence electrons. The van der Waals surface area contributed by atoms with Gasteiger partial charge in [-0.1, -0.05) is 13.5 Å². The van der Waals surface area contributed by atoms with Crippen LogP contribution in [-0.4, -0.2) is 165 Å². The number of carbonyl (C=O) groups excluding carboxylic acids is 1. The fourth-order valence-electron chi connectivity index (χ4n) is 2.98. The van der Waals surface area contributed by atoms with Gasteiger partial charge >= 0.3 is 5.97 Å². The second-order valence-corrected chi connectivity index (χ2v) is 8.74. The molecule has 0 aromatic rings. The molecule has 0 aliphatic carbocycles. The molecule has 0 radical (unpaired) electrons. The molecular formula is C30H58O14. The van der Waals surface area contributed by atoms with Crippen molar-refractivity contribution in [1.82, 2.24) is 0 Å². The van der Waals surface area contributed by atoms with E-state index in [0.29, 0.717) is 158 Å². The zero-order chi connectivity index (χ0) is 31.9. The fourth-order valence-corrected chi connectivity index (χ4v) is 2.98. The molecule has 0 saturated carbocycles. The second-order valence-electron chi connectivity index (χ2n) is 8.74. The highest BCUT2D eigenvalue weighted by molar-refractivity contribution is 5.69. The zero-order valence-corrected chi connectivity index (χ0v) is 26.9. The summed E-state index contributed by atoms with van der Waals surface area (Å²) in [6, 6.07) is 0. The summed E-state index contributed by atoms with van der Waals surface area (Å²) >= 11 is 0. The molecule has 44 heavy (non-hydrogen) atoms. The Kier molecular flexibility index (Phi) is 38.3. The molecule has 0 rings (SSSR count). The summed E-state index contributed by atoms with van der Waals surface area (Å²) in [5, 5.41) is 0. The average Bonchev–Trinajstić information content (AvgIpc) is 3.02. The molecule has 14 heteroatoms. The van der Waals surface area contributed by atoms with Gasteiger partial charge in [0, 0.05) is 6.42 Å². The van der Waals surface area contributed by atoms with E-state index in [0.717, 1.165) is 6.42 Å². The first kappa shape index (κ1) is 42.6. The molecule has 0 amide bonds. The Morgan fingerprint density at radius 3 is 0.864 bits per heavy atom. The first-order valence-corrected chi connectivity index (χ1v) is 15.5. The zero-order valence-electron chi connectivity index (χ0n) is 26.9. The quantitative estimate of drug-likeness (QED) is 0.0546. The molecule has 14 nitrogen and oxygen atoms in total. The minimum atomic E-state index is -0.189. The Bertz CT molecular complexity index is 570. The maximum Gasteiger partial charge on any atom is 0.305 e. The van der Waals surface area contributed by atoms with Gasteiger partial charge in [0.05, 0.1) is 152 Å². The van der Waals surface area contributed by atoms with Gasteiger partial charge in [-0.2, -0.15) is 0 Å². The lowest BCUT2D eigenvalue weighted by Gasteiger charge is -2.09. The molecule has 0 heterocycles. The smallest absolute Gasteiger partial charge is 0.305 e. The van der Waals surface area contributed by atoms with Crippen LogP contribution in [0.3, 0.4) is 0 Å². The van der Waals surface area contributed by atoms with E-state index in [-0.39, 0.29) is 12.6 Å². The van der Waals surface area contributed by atoms with Gasteiger partial charge in [-0.3, -0.25) is 4.79 Å². The molecule has 0 aromatic heterocycles. The lowest BCUT2D eigenvalue weighted by molar-refractivity contribution is -0.145. The summed E-state index contributed by atoms with van der Waals surface area (Å²) < 4.78 is 69.5. The van der Waals surface area contributed by atoms with Crippen molar-refractivity contribution in [3.63, 3.8) is 0 Å². The van der Waals surface area contributed by atoms with Gasteiger partial charge < -0.3 is 61.6 Å². The highest BCUT2D eigenvalue weighted by Gasteiger charge is 2.00. The summed E-state index contributed by atoms with van der Waals surface area (Å²) in [6.45, 7) is 17.0. The molecule has 0 fully saturated rings. The Morgan fingerprint density at radius 2 is 0.636 bits per heavy atom. The van der Waals surface area contributed by atoms with Crippen LogP contribution in [0.1, 0.15) is 19.8 Å². The van der Waals surface area contributed by atoms with Crippen molar-refractivity contribution in [2.75, 3.05) is 159 Å². The molecule has 0 atom stereocenters. The molecule has 0 bridgehead atoms. The van der Waals surface area contributed by atoms with E-state index in [9.17, 15) is 4.79 Å². The number of rotatable bonds is 39. The van der Waals surface area contributed by atoms with Crippen LogP contribution in [-0.2, 0) is 66.4 Å². The highest BCUT2D eigenvalue weighted by atomic mass is 16.6. The van der Waals surface area contributed by atoms with Crippen LogP contribution in [0, 0.1) is 0 Å². The minimum absolute atomic E-state index is 0.189. The summed E-state index contributed by atoms with van der Waals surface area (Å²) in [5.41, 5.74) is 0. The third kappa shape index (κ3) is 38.6. The van der Waals surface area contributed by atoms with Crippen LogP contribution < -0.4 is 0 Å². The van der Waals surface area contributed by atoms with E-state index >= 15 is 0 Å². The van der Waals surface area contributed by atoms with Gasteiger partial charge in [-0.15, -0.1) is 0 Å². The standard InChI is InChI=1S/C30H58O14/c1-3-5-30(31)44-29-28-43-27-26-42-25-24-41-23-22-40-21-20-39-19-18-38-17-16-37-15-14-36-13-12-35-11-10-34-9-8-33-7-6-32-4-2/h4H,2-3,5-29H2,1H3. The number of ether oxygens (including phenoxy) is 13. The summed E-state index contributed by atoms with van der Waals surface area (Å²) in [6.07, 6.45) is 2.62. The van der Waals surface area contributed by atoms with E-state index in [1.807, 2.05) is 6.92 Å². The normalized spacial score (nSPS) is 11.2. The highest BCUT2D eigenvalue weighted by Crippen LogP contribution is 1.91. The van der Waals surface area contributed by atoms with Crippen molar-refractivity contribution in [1.29, 1.82) is 0 Å². The van der Waals surface area contributed by atoms with E-state index in [1.54, 1.807) is 0 Å². The molecule has 0 aliphatic rings. The van der Waals surface area contributed by atoms with Crippen molar-refractivity contribution in [3.8, 4) is 0 Å². The molecule has 0 aliphatic heterocycles. The van der Waals surface area contributed by atoms with Crippen LogP contribution in [0.2, 0.25) is 0 Å². The van der Waals surface area contributed by atoms with Gasteiger partial charge in [0.2, 0.25) is 0 Å². The molecule has 0 aromatic carbocycles. The SMILES string of the molecule is C=COCCOCCOCCOCCOCCOCCOCCOCCOCCOCCOCCOCCOC(=O)CCC. The van der Waals surface area contributed by atoms with Gasteiger partial charge in [0.15, 0.2) is 0 Å². The van der Waals surface area contributed by atoms with Gasteiger partial charge in [-0.05, 0) is 6.42 Å². The Hall–Kier alpha value is -1.43. The largest absolute Gasteiger partial charge is 0.499 e. The van der Waals surface area contributed by atoms with Crippen molar-refractivity contribution in [3.05, 3.63) is 12.8 Å². The number of hydrogen-bond donors (Lipinski definition) is 0. The molecule has 0 N–H and O–H groups in total. The van der Waals surface area contributed by atoms with Crippen molar-refractivity contribution in [2.45, 2.75) is 19.8 Å². The summed E-state index contributed by atoms with van der Waals surface area (Å²) in [4.78, 5) is 11.2. The van der Waals surface area contributed by atoms with Crippen molar-refractivity contribution < 1.29 is 66.4 Å². The molecule has 0 saturated heterocycles. The second kappa shape index (κ2) is 39.6. The number of carbonyl (C=O) groups is 1. The number of hydrogen-bond acceptors (Lipinski definition) is 14. The fraction of sp³-hybridized carbons (Fsp3) is 0.900. The van der Waals surface area contributed by atoms with Gasteiger partial charge in [0.25, 0.3) is 0 Å². The van der Waals surface area contributed by atoms with Crippen LogP contribution in [0.5, 0.6) is 0 Å². The Balaban J connectivity index is 3.05. The first-order chi connectivity index (χ1) is 21.8. The average molecular weight is 643 g/mol. The monoisotopic (exact) mass is 642 g/mol. The Labute approximate surface area is 263 Å². The maximum absolute atomic E-state index is 11.2. The van der Waals surface area contributed by atoms with Crippen molar-refractivity contribution in [2.24, 2.45) is 0 Å². The lowest BCUT2D eigenvalue weighted by atomic mass is 10.3. The molecule has 0 spiro atoms. The third-order valence-corrected chi connectivity index (χ3v) is 5.13. The number of esters is 1. The van der Waals surface area contributed by atoms with Gasteiger partial charge in [0.1, 0.15) is 13.2 Å². The molecular weight excluding hydrogens is 584 g/mol. The predicted octanol–water partition coefficient (Wildman–Crippen LogP) is 1.67. The van der Waals surface area contributed by atoms with Crippen LogP contribution in [0.25, 0.3) is 0 Å². The maximum atomic E-state index is 11.2. The Morgan fingerprint density at radius 1 is 0.409 bits per heavy atom. The van der Waals surface area contributed by atoms with E-state index in [2.05, 4.69) is 6.58 Å². The van der Waals surface area contributed by atoms with E-state index in [4.69, 9.17) is 61.6 Å².